The molecule has 2 aromatic rings. The number of aryl methyl sites for hydroxylation is 1. The van der Waals surface area contributed by atoms with Gasteiger partial charge in [-0.15, -0.1) is 0 Å². The van der Waals surface area contributed by atoms with Gasteiger partial charge in [-0.05, 0) is 25.1 Å². The first-order valence-corrected chi connectivity index (χ1v) is 5.84. The molecule has 0 saturated carbocycles. The van der Waals surface area contributed by atoms with Crippen LogP contribution in [-0.2, 0) is 0 Å². The minimum atomic E-state index is 0.573. The van der Waals surface area contributed by atoms with E-state index >= 15 is 0 Å². The van der Waals surface area contributed by atoms with Crippen LogP contribution in [0.3, 0.4) is 0 Å². The molecule has 0 atom stereocenters. The molecule has 0 bridgehead atoms. The fourth-order valence-corrected chi connectivity index (χ4v) is 2.03. The molecule has 1 N–H and O–H groups in total. The second kappa shape index (κ2) is 4.90. The van der Waals surface area contributed by atoms with Crippen LogP contribution in [0.25, 0.3) is 11.4 Å². The molecule has 3 nitrogen and oxygen atoms in total. The monoisotopic (exact) mass is 267 g/mol. The van der Waals surface area contributed by atoms with Crippen molar-refractivity contribution in [2.45, 2.75) is 6.92 Å². The fraction of sp³-hybridized carbons (Fsp3) is 0.167. The molecular formula is C12H11Cl2N3. The van der Waals surface area contributed by atoms with Gasteiger partial charge in [0.25, 0.3) is 0 Å². The molecule has 0 unspecified atom stereocenters. The number of hydrogen-bond donors (Lipinski definition) is 1. The average Bonchev–Trinajstić information content (AvgIpc) is 2.26. The summed E-state index contributed by atoms with van der Waals surface area (Å²) in [4.78, 5) is 8.73. The minimum absolute atomic E-state index is 0.573. The topological polar surface area (TPSA) is 37.8 Å². The van der Waals surface area contributed by atoms with Crippen LogP contribution in [-0.4, -0.2) is 17.0 Å². The van der Waals surface area contributed by atoms with Crippen LogP contribution in [0, 0.1) is 6.92 Å². The molecule has 1 aromatic carbocycles. The summed E-state index contributed by atoms with van der Waals surface area (Å²) in [5, 5.41) is 4.14. The summed E-state index contributed by atoms with van der Waals surface area (Å²) in [5.41, 5.74) is 1.69. The van der Waals surface area contributed by atoms with Gasteiger partial charge in [0.2, 0.25) is 0 Å². The molecule has 2 rings (SSSR count). The molecule has 0 radical (unpaired) electrons. The van der Waals surface area contributed by atoms with Crippen molar-refractivity contribution in [2.24, 2.45) is 0 Å². The zero-order valence-corrected chi connectivity index (χ0v) is 11.0. The molecule has 1 heterocycles. The van der Waals surface area contributed by atoms with Gasteiger partial charge >= 0.3 is 0 Å². The molecule has 0 aliphatic heterocycles. The number of anilines is 1. The summed E-state index contributed by atoms with van der Waals surface area (Å²) in [6.45, 7) is 1.91. The Morgan fingerprint density at radius 1 is 1.00 bits per heavy atom. The van der Waals surface area contributed by atoms with Crippen LogP contribution >= 0.6 is 23.2 Å². The molecule has 0 fully saturated rings. The van der Waals surface area contributed by atoms with E-state index in [1.54, 1.807) is 18.2 Å². The Labute approximate surface area is 110 Å². The van der Waals surface area contributed by atoms with E-state index in [4.69, 9.17) is 23.2 Å². The van der Waals surface area contributed by atoms with Crippen LogP contribution in [0.5, 0.6) is 0 Å². The van der Waals surface area contributed by atoms with Gasteiger partial charge < -0.3 is 5.32 Å². The number of benzene rings is 1. The number of nitrogens with zero attached hydrogens (tertiary/aromatic N) is 2. The van der Waals surface area contributed by atoms with Crippen molar-refractivity contribution >= 4 is 29.0 Å². The largest absolute Gasteiger partial charge is 0.373 e. The summed E-state index contributed by atoms with van der Waals surface area (Å²) in [6.07, 6.45) is 0. The highest BCUT2D eigenvalue weighted by molar-refractivity contribution is 6.35. The smallest absolute Gasteiger partial charge is 0.161 e. The summed E-state index contributed by atoms with van der Waals surface area (Å²) in [5.74, 6) is 1.38. The van der Waals surface area contributed by atoms with Gasteiger partial charge in [0, 0.05) is 34.4 Å². The third kappa shape index (κ3) is 2.87. The standard InChI is InChI=1S/C12H11Cl2N3/c1-7-3-11(15-2)17-12(16-7)8-4-9(13)6-10(14)5-8/h3-6H,1-2H3,(H,15,16,17). The van der Waals surface area contributed by atoms with Crippen molar-refractivity contribution < 1.29 is 0 Å². The van der Waals surface area contributed by atoms with E-state index in [1.807, 2.05) is 20.0 Å². The SMILES string of the molecule is CNc1cc(C)nc(-c2cc(Cl)cc(Cl)c2)n1. The molecule has 0 aliphatic rings. The molecule has 5 heteroatoms. The summed E-state index contributed by atoms with van der Waals surface area (Å²) in [6, 6.07) is 7.14. The van der Waals surface area contributed by atoms with E-state index in [-0.39, 0.29) is 0 Å². The van der Waals surface area contributed by atoms with Crippen molar-refractivity contribution in [3.05, 3.63) is 40.0 Å². The van der Waals surface area contributed by atoms with Gasteiger partial charge in [0.15, 0.2) is 5.82 Å². The lowest BCUT2D eigenvalue weighted by molar-refractivity contribution is 1.11. The van der Waals surface area contributed by atoms with Gasteiger partial charge in [-0.25, -0.2) is 9.97 Å². The quantitative estimate of drug-likeness (QED) is 0.900. The Balaban J connectivity index is 2.55. The zero-order chi connectivity index (χ0) is 12.4. The molecular weight excluding hydrogens is 257 g/mol. The first-order chi connectivity index (χ1) is 8.08. The van der Waals surface area contributed by atoms with Crippen LogP contribution in [0.1, 0.15) is 5.69 Å². The van der Waals surface area contributed by atoms with Gasteiger partial charge in [0.05, 0.1) is 0 Å². The second-order valence-electron chi connectivity index (χ2n) is 3.63. The maximum absolute atomic E-state index is 5.96. The van der Waals surface area contributed by atoms with Crippen LogP contribution < -0.4 is 5.32 Å². The number of aromatic nitrogens is 2. The Morgan fingerprint density at radius 3 is 2.24 bits per heavy atom. The fourth-order valence-electron chi connectivity index (χ4n) is 1.51. The Kier molecular flexibility index (Phi) is 3.50. The van der Waals surface area contributed by atoms with E-state index in [0.29, 0.717) is 15.9 Å². The van der Waals surface area contributed by atoms with Crippen LogP contribution in [0.2, 0.25) is 10.0 Å². The van der Waals surface area contributed by atoms with E-state index in [1.165, 1.54) is 0 Å². The minimum Gasteiger partial charge on any atom is -0.373 e. The van der Waals surface area contributed by atoms with Crippen LogP contribution in [0.15, 0.2) is 24.3 Å². The van der Waals surface area contributed by atoms with Crippen molar-refractivity contribution in [3.63, 3.8) is 0 Å². The molecule has 0 aliphatic carbocycles. The van der Waals surface area contributed by atoms with Crippen molar-refractivity contribution in [1.82, 2.24) is 9.97 Å². The zero-order valence-electron chi connectivity index (χ0n) is 9.46. The lowest BCUT2D eigenvalue weighted by atomic mass is 10.2. The molecule has 0 saturated heterocycles. The summed E-state index contributed by atoms with van der Waals surface area (Å²) < 4.78 is 0. The maximum atomic E-state index is 5.96. The number of rotatable bonds is 2. The number of nitrogens with one attached hydrogen (secondary N) is 1. The lowest BCUT2D eigenvalue weighted by Gasteiger charge is -2.06. The van der Waals surface area contributed by atoms with Crippen molar-refractivity contribution in [2.75, 3.05) is 12.4 Å². The Bertz CT molecular complexity index is 535. The maximum Gasteiger partial charge on any atom is 0.161 e. The molecule has 0 spiro atoms. The average molecular weight is 268 g/mol. The number of halogens is 2. The van der Waals surface area contributed by atoms with Crippen LogP contribution in [0.4, 0.5) is 5.82 Å². The van der Waals surface area contributed by atoms with E-state index < -0.39 is 0 Å². The molecule has 0 amide bonds. The first kappa shape index (κ1) is 12.1. The Hall–Kier alpha value is -1.32. The first-order valence-electron chi connectivity index (χ1n) is 5.08. The summed E-state index contributed by atoms with van der Waals surface area (Å²) >= 11 is 11.9. The highest BCUT2D eigenvalue weighted by Crippen LogP contribution is 2.25. The van der Waals surface area contributed by atoms with E-state index in [2.05, 4.69) is 15.3 Å². The lowest BCUT2D eigenvalue weighted by Crippen LogP contribution is -1.98. The molecule has 17 heavy (non-hydrogen) atoms. The Morgan fingerprint density at radius 2 is 1.65 bits per heavy atom. The van der Waals surface area contributed by atoms with Gasteiger partial charge in [0.1, 0.15) is 5.82 Å². The van der Waals surface area contributed by atoms with Gasteiger partial charge in [-0.1, -0.05) is 23.2 Å². The van der Waals surface area contributed by atoms with Crippen molar-refractivity contribution in [1.29, 1.82) is 0 Å². The second-order valence-corrected chi connectivity index (χ2v) is 4.50. The predicted molar refractivity (Wildman–Crippen MR) is 71.8 cm³/mol. The highest BCUT2D eigenvalue weighted by Gasteiger charge is 2.06. The highest BCUT2D eigenvalue weighted by atomic mass is 35.5. The van der Waals surface area contributed by atoms with Crippen molar-refractivity contribution in [3.8, 4) is 11.4 Å². The van der Waals surface area contributed by atoms with Gasteiger partial charge in [-0.3, -0.25) is 0 Å². The predicted octanol–water partition coefficient (Wildman–Crippen LogP) is 3.80. The summed E-state index contributed by atoms with van der Waals surface area (Å²) in [7, 11) is 1.82. The van der Waals surface area contributed by atoms with E-state index in [0.717, 1.165) is 17.1 Å². The van der Waals surface area contributed by atoms with Gasteiger partial charge in [-0.2, -0.15) is 0 Å². The normalized spacial score (nSPS) is 10.4. The molecule has 1 aromatic heterocycles. The van der Waals surface area contributed by atoms with E-state index in [9.17, 15) is 0 Å². The number of hydrogen-bond acceptors (Lipinski definition) is 3. The third-order valence-corrected chi connectivity index (χ3v) is 2.67. The molecule has 88 valence electrons. The third-order valence-electron chi connectivity index (χ3n) is 2.23.